The molecular formula is C18H15ClN4O4S. The lowest BCUT2D eigenvalue weighted by Gasteiger charge is -2.07. The quantitative estimate of drug-likeness (QED) is 0.528. The average Bonchev–Trinajstić information content (AvgIpc) is 3.20. The summed E-state index contributed by atoms with van der Waals surface area (Å²) in [5.41, 5.74) is 3.13. The smallest absolute Gasteiger partial charge is 0.408 e. The first-order valence-corrected chi connectivity index (χ1v) is 10.1. The third-order valence-electron chi connectivity index (χ3n) is 4.39. The zero-order valence-electron chi connectivity index (χ0n) is 14.9. The Morgan fingerprint density at radius 1 is 1.21 bits per heavy atom. The van der Waals surface area contributed by atoms with E-state index in [-0.39, 0.29) is 21.3 Å². The first-order valence-electron chi connectivity index (χ1n) is 8.19. The van der Waals surface area contributed by atoms with E-state index in [9.17, 15) is 13.2 Å². The minimum Gasteiger partial charge on any atom is -0.408 e. The zero-order valence-corrected chi connectivity index (χ0v) is 16.4. The van der Waals surface area contributed by atoms with Crippen molar-refractivity contribution in [1.29, 1.82) is 0 Å². The molecule has 10 heteroatoms. The molecule has 4 rings (SSSR count). The monoisotopic (exact) mass is 418 g/mol. The first kappa shape index (κ1) is 18.3. The fourth-order valence-electron chi connectivity index (χ4n) is 2.91. The number of oxazole rings is 1. The number of rotatable bonds is 4. The van der Waals surface area contributed by atoms with E-state index in [0.717, 1.165) is 11.1 Å². The third kappa shape index (κ3) is 3.08. The van der Waals surface area contributed by atoms with Crippen molar-refractivity contribution in [3.05, 3.63) is 63.6 Å². The number of aryl methyl sites for hydroxylation is 2. The summed E-state index contributed by atoms with van der Waals surface area (Å²) in [5.74, 6) is -0.493. The highest BCUT2D eigenvalue weighted by atomic mass is 35.5. The van der Waals surface area contributed by atoms with Gasteiger partial charge in [0.25, 0.3) is 10.0 Å². The highest BCUT2D eigenvalue weighted by Gasteiger charge is 2.22. The fourth-order valence-corrected chi connectivity index (χ4v) is 4.44. The molecule has 144 valence electrons. The minimum atomic E-state index is -4.05. The minimum absolute atomic E-state index is 0.0361. The molecule has 2 N–H and O–H groups in total. The zero-order chi connectivity index (χ0) is 20.1. The molecule has 0 aliphatic carbocycles. The first-order chi connectivity index (χ1) is 13.3. The Balaban J connectivity index is 1.71. The predicted molar refractivity (Wildman–Crippen MR) is 106 cm³/mol. The number of benzene rings is 2. The number of aromatic amines is 1. The van der Waals surface area contributed by atoms with Gasteiger partial charge in [0.2, 0.25) is 0 Å². The van der Waals surface area contributed by atoms with E-state index >= 15 is 0 Å². The summed E-state index contributed by atoms with van der Waals surface area (Å²) in [6.45, 7) is 1.95. The van der Waals surface area contributed by atoms with E-state index in [1.165, 1.54) is 23.7 Å². The number of halogens is 1. The van der Waals surface area contributed by atoms with Crippen LogP contribution in [0.15, 0.2) is 56.6 Å². The van der Waals surface area contributed by atoms with Gasteiger partial charge >= 0.3 is 5.76 Å². The topological polar surface area (TPSA) is 110 Å². The second kappa shape index (κ2) is 6.54. The lowest BCUT2D eigenvalue weighted by molar-refractivity contribution is 0.527. The largest absolute Gasteiger partial charge is 0.419 e. The van der Waals surface area contributed by atoms with Crippen LogP contribution in [-0.4, -0.2) is 23.2 Å². The summed E-state index contributed by atoms with van der Waals surface area (Å²) in [6, 6.07) is 11.8. The number of H-pyrrole nitrogens is 1. The number of nitrogens with zero attached hydrogens (tertiary/aromatic N) is 2. The van der Waals surface area contributed by atoms with Crippen LogP contribution in [0.5, 0.6) is 0 Å². The van der Waals surface area contributed by atoms with Gasteiger partial charge in [0.1, 0.15) is 4.90 Å². The molecule has 28 heavy (non-hydrogen) atoms. The van der Waals surface area contributed by atoms with Gasteiger partial charge in [-0.25, -0.2) is 13.2 Å². The molecule has 0 spiro atoms. The van der Waals surface area contributed by atoms with Crippen LogP contribution in [0.3, 0.4) is 0 Å². The van der Waals surface area contributed by atoms with Crippen molar-refractivity contribution < 1.29 is 12.8 Å². The fraction of sp³-hybridized carbons (Fsp3) is 0.111. The van der Waals surface area contributed by atoms with Crippen LogP contribution in [0.1, 0.15) is 5.56 Å². The molecule has 0 unspecified atom stereocenters. The van der Waals surface area contributed by atoms with Gasteiger partial charge in [-0.2, -0.15) is 5.10 Å². The summed E-state index contributed by atoms with van der Waals surface area (Å²) < 4.78 is 34.3. The van der Waals surface area contributed by atoms with Gasteiger partial charge in [-0.1, -0.05) is 35.9 Å². The molecule has 2 aromatic heterocycles. The van der Waals surface area contributed by atoms with Crippen LogP contribution in [0, 0.1) is 6.92 Å². The molecule has 0 atom stereocenters. The van der Waals surface area contributed by atoms with Gasteiger partial charge < -0.3 is 4.42 Å². The van der Waals surface area contributed by atoms with Crippen LogP contribution in [0.25, 0.3) is 22.4 Å². The van der Waals surface area contributed by atoms with E-state index in [1.807, 2.05) is 31.2 Å². The van der Waals surface area contributed by atoms with Crippen LogP contribution in [-0.2, 0) is 17.1 Å². The Kier molecular flexibility index (Phi) is 4.28. The van der Waals surface area contributed by atoms with Crippen molar-refractivity contribution >= 4 is 38.5 Å². The number of sulfonamides is 1. The molecule has 0 fully saturated rings. The van der Waals surface area contributed by atoms with E-state index in [2.05, 4.69) is 14.9 Å². The Morgan fingerprint density at radius 2 is 1.96 bits per heavy atom. The Bertz CT molecular complexity index is 1370. The lowest BCUT2D eigenvalue weighted by atomic mass is 10.1. The standard InChI is InChI=1S/C18H15ClN4O4S/c1-10-5-3-4-6-11(10)13-8-17(21-20-13)22-28(25,26)16-9-15-14(7-12(16)19)23(2)18(24)27-15/h3-9H,1-2H3,(H2,20,21,22). The second-order valence-electron chi connectivity index (χ2n) is 6.26. The molecule has 0 aliphatic heterocycles. The lowest BCUT2D eigenvalue weighted by Crippen LogP contribution is -2.14. The maximum absolute atomic E-state index is 12.8. The van der Waals surface area contributed by atoms with Crippen LogP contribution in [0.2, 0.25) is 5.02 Å². The van der Waals surface area contributed by atoms with Gasteiger partial charge in [0.15, 0.2) is 11.4 Å². The van der Waals surface area contributed by atoms with Crippen molar-refractivity contribution in [3.63, 3.8) is 0 Å². The van der Waals surface area contributed by atoms with Crippen molar-refractivity contribution in [2.45, 2.75) is 11.8 Å². The Hall–Kier alpha value is -3.04. The van der Waals surface area contributed by atoms with Gasteiger partial charge in [-0.05, 0) is 18.6 Å². The van der Waals surface area contributed by atoms with Crippen molar-refractivity contribution in [2.24, 2.45) is 7.05 Å². The van der Waals surface area contributed by atoms with Crippen LogP contribution < -0.4 is 10.5 Å². The maximum Gasteiger partial charge on any atom is 0.419 e. The summed E-state index contributed by atoms with van der Waals surface area (Å²) in [6.07, 6.45) is 0. The molecule has 0 amide bonds. The molecule has 0 saturated heterocycles. The molecule has 0 radical (unpaired) electrons. The molecule has 2 aromatic carbocycles. The van der Waals surface area contributed by atoms with Crippen molar-refractivity contribution in [3.8, 4) is 11.3 Å². The molecule has 0 aliphatic rings. The normalized spacial score (nSPS) is 11.8. The van der Waals surface area contributed by atoms with Crippen LogP contribution in [0.4, 0.5) is 5.82 Å². The molecule has 4 aromatic rings. The molecule has 2 heterocycles. The molecule has 0 saturated carbocycles. The van der Waals surface area contributed by atoms with E-state index in [1.54, 1.807) is 6.07 Å². The maximum atomic E-state index is 12.8. The van der Waals surface area contributed by atoms with Gasteiger partial charge in [-0.3, -0.25) is 14.4 Å². The van der Waals surface area contributed by atoms with Gasteiger partial charge in [-0.15, -0.1) is 0 Å². The van der Waals surface area contributed by atoms with Gasteiger partial charge in [0.05, 0.1) is 16.2 Å². The average molecular weight is 419 g/mol. The summed E-state index contributed by atoms with van der Waals surface area (Å²) in [4.78, 5) is 11.4. The number of fused-ring (bicyclic) bond motifs is 1. The predicted octanol–water partition coefficient (Wildman–Crippen LogP) is 3.28. The Morgan fingerprint density at radius 3 is 2.71 bits per heavy atom. The molecular weight excluding hydrogens is 404 g/mol. The number of hydrogen-bond acceptors (Lipinski definition) is 5. The van der Waals surface area contributed by atoms with Crippen LogP contribution >= 0.6 is 11.6 Å². The van der Waals surface area contributed by atoms with Crippen molar-refractivity contribution in [1.82, 2.24) is 14.8 Å². The number of anilines is 1. The molecule has 0 bridgehead atoms. The van der Waals surface area contributed by atoms with E-state index in [0.29, 0.717) is 11.2 Å². The third-order valence-corrected chi connectivity index (χ3v) is 6.21. The molecule has 8 nitrogen and oxygen atoms in total. The second-order valence-corrected chi connectivity index (χ2v) is 8.32. The SMILES string of the molecule is Cc1ccccc1-c1cc(NS(=O)(=O)c2cc3oc(=O)n(C)c3cc2Cl)n[nH]1. The van der Waals surface area contributed by atoms with E-state index < -0.39 is 15.8 Å². The number of hydrogen-bond donors (Lipinski definition) is 2. The number of nitrogens with one attached hydrogen (secondary N) is 2. The summed E-state index contributed by atoms with van der Waals surface area (Å²) >= 11 is 6.15. The van der Waals surface area contributed by atoms with Gasteiger partial charge in [0, 0.05) is 24.7 Å². The van der Waals surface area contributed by atoms with E-state index in [4.69, 9.17) is 16.0 Å². The van der Waals surface area contributed by atoms with Crippen molar-refractivity contribution in [2.75, 3.05) is 4.72 Å². The summed E-state index contributed by atoms with van der Waals surface area (Å²) in [7, 11) is -2.55. The summed E-state index contributed by atoms with van der Waals surface area (Å²) in [5, 5.41) is 6.80. The highest BCUT2D eigenvalue weighted by Crippen LogP contribution is 2.29. The highest BCUT2D eigenvalue weighted by molar-refractivity contribution is 7.92. The Labute approximate surface area is 164 Å². The number of aromatic nitrogens is 3.